The van der Waals surface area contributed by atoms with Crippen molar-refractivity contribution in [2.24, 2.45) is 7.05 Å². The van der Waals surface area contributed by atoms with E-state index in [-0.39, 0.29) is 11.3 Å². The Hall–Kier alpha value is -2.74. The number of anilines is 1. The number of aromatic nitrogens is 5. The molecular formula is C12H9ClN6O2. The highest BCUT2D eigenvalue weighted by Crippen LogP contribution is 2.14. The largest absolute Gasteiger partial charge is 0.352 e. The van der Waals surface area contributed by atoms with Crippen molar-refractivity contribution in [2.45, 2.75) is 0 Å². The number of carbonyl (C=O) groups is 1. The standard InChI is InChI=1S/C12H9ClN6O2/c1-18-12(21)19-6-14-9(10(19)16-17-18)11(20)15-8-4-2-7(13)3-5-8/h2-6H,1H3,(H,15,20). The van der Waals surface area contributed by atoms with Gasteiger partial charge in [-0.3, -0.25) is 4.79 Å². The van der Waals surface area contributed by atoms with Crippen LogP contribution in [-0.2, 0) is 7.05 Å². The summed E-state index contributed by atoms with van der Waals surface area (Å²) in [5.74, 6) is -0.484. The molecule has 0 saturated carbocycles. The predicted octanol–water partition coefficient (Wildman–Crippen LogP) is 0.729. The van der Waals surface area contributed by atoms with Crippen LogP contribution in [0, 0.1) is 0 Å². The van der Waals surface area contributed by atoms with Crippen LogP contribution in [0.15, 0.2) is 35.4 Å². The van der Waals surface area contributed by atoms with E-state index in [9.17, 15) is 9.59 Å². The van der Waals surface area contributed by atoms with Gasteiger partial charge in [-0.1, -0.05) is 16.8 Å². The molecule has 0 fully saturated rings. The summed E-state index contributed by atoms with van der Waals surface area (Å²) in [4.78, 5) is 27.9. The fraction of sp³-hybridized carbons (Fsp3) is 0.0833. The van der Waals surface area contributed by atoms with Gasteiger partial charge in [-0.25, -0.2) is 14.2 Å². The summed E-state index contributed by atoms with van der Waals surface area (Å²) in [5, 5.41) is 10.7. The van der Waals surface area contributed by atoms with Crippen molar-refractivity contribution >= 4 is 28.8 Å². The maximum absolute atomic E-state index is 12.2. The van der Waals surface area contributed by atoms with Gasteiger partial charge in [0.15, 0.2) is 11.3 Å². The van der Waals surface area contributed by atoms with Crippen molar-refractivity contribution in [3.05, 3.63) is 51.8 Å². The highest BCUT2D eigenvalue weighted by atomic mass is 35.5. The molecule has 21 heavy (non-hydrogen) atoms. The molecule has 0 saturated heterocycles. The van der Waals surface area contributed by atoms with Crippen LogP contribution in [0.4, 0.5) is 5.69 Å². The van der Waals surface area contributed by atoms with Gasteiger partial charge in [-0.05, 0) is 24.3 Å². The van der Waals surface area contributed by atoms with E-state index in [1.807, 2.05) is 0 Å². The number of carbonyl (C=O) groups excluding carboxylic acids is 1. The molecule has 0 atom stereocenters. The Morgan fingerprint density at radius 2 is 2.00 bits per heavy atom. The van der Waals surface area contributed by atoms with E-state index in [2.05, 4.69) is 20.6 Å². The smallest absolute Gasteiger partial charge is 0.321 e. The van der Waals surface area contributed by atoms with Crippen molar-refractivity contribution < 1.29 is 4.79 Å². The molecule has 0 radical (unpaired) electrons. The highest BCUT2D eigenvalue weighted by Gasteiger charge is 2.17. The van der Waals surface area contributed by atoms with E-state index in [0.717, 1.165) is 9.08 Å². The van der Waals surface area contributed by atoms with Crippen molar-refractivity contribution in [3.63, 3.8) is 0 Å². The van der Waals surface area contributed by atoms with Crippen LogP contribution in [0.1, 0.15) is 10.5 Å². The van der Waals surface area contributed by atoms with Gasteiger partial charge >= 0.3 is 5.69 Å². The van der Waals surface area contributed by atoms with E-state index < -0.39 is 11.6 Å². The third-order valence-electron chi connectivity index (χ3n) is 2.82. The maximum Gasteiger partial charge on any atom is 0.352 e. The molecular weight excluding hydrogens is 296 g/mol. The van der Waals surface area contributed by atoms with Crippen LogP contribution >= 0.6 is 11.6 Å². The second-order valence-electron chi connectivity index (χ2n) is 4.24. The number of nitrogens with zero attached hydrogens (tertiary/aromatic N) is 5. The van der Waals surface area contributed by atoms with Gasteiger partial charge in [0.2, 0.25) is 0 Å². The lowest BCUT2D eigenvalue weighted by Crippen LogP contribution is -2.27. The topological polar surface area (TPSA) is 94.2 Å². The van der Waals surface area contributed by atoms with Gasteiger partial charge in [-0.15, -0.1) is 5.10 Å². The van der Waals surface area contributed by atoms with E-state index in [4.69, 9.17) is 11.6 Å². The molecule has 0 aliphatic rings. The summed E-state index contributed by atoms with van der Waals surface area (Å²) in [6, 6.07) is 6.61. The number of nitrogens with one attached hydrogen (secondary N) is 1. The Balaban J connectivity index is 1.97. The minimum Gasteiger partial charge on any atom is -0.321 e. The van der Waals surface area contributed by atoms with Crippen LogP contribution in [0.25, 0.3) is 5.65 Å². The van der Waals surface area contributed by atoms with Crippen LogP contribution in [0.3, 0.4) is 0 Å². The minimum atomic E-state index is -0.484. The van der Waals surface area contributed by atoms with Crippen LogP contribution in [0.2, 0.25) is 5.02 Å². The zero-order valence-electron chi connectivity index (χ0n) is 10.8. The van der Waals surface area contributed by atoms with Crippen LogP contribution in [0.5, 0.6) is 0 Å². The lowest BCUT2D eigenvalue weighted by atomic mass is 10.3. The Morgan fingerprint density at radius 1 is 1.29 bits per heavy atom. The molecule has 8 nitrogen and oxygen atoms in total. The first-order chi connectivity index (χ1) is 10.1. The lowest BCUT2D eigenvalue weighted by Gasteiger charge is -2.03. The molecule has 1 N–H and O–H groups in total. The molecule has 0 spiro atoms. The molecule has 106 valence electrons. The number of amides is 1. The van der Waals surface area contributed by atoms with Crippen LogP contribution < -0.4 is 11.0 Å². The lowest BCUT2D eigenvalue weighted by molar-refractivity contribution is 0.102. The number of aryl methyl sites for hydroxylation is 1. The summed E-state index contributed by atoms with van der Waals surface area (Å²) in [6.45, 7) is 0. The van der Waals surface area contributed by atoms with Crippen molar-refractivity contribution in [1.82, 2.24) is 24.4 Å². The molecule has 2 heterocycles. The number of fused-ring (bicyclic) bond motifs is 1. The maximum atomic E-state index is 12.2. The molecule has 9 heteroatoms. The molecule has 0 unspecified atom stereocenters. The minimum absolute atomic E-state index is 0.0233. The Labute approximate surface area is 123 Å². The second-order valence-corrected chi connectivity index (χ2v) is 4.68. The van der Waals surface area contributed by atoms with E-state index >= 15 is 0 Å². The second kappa shape index (κ2) is 4.98. The Morgan fingerprint density at radius 3 is 2.71 bits per heavy atom. The molecule has 2 aromatic heterocycles. The zero-order chi connectivity index (χ0) is 15.0. The number of hydrogen-bond donors (Lipinski definition) is 1. The number of halogens is 1. The first kappa shape index (κ1) is 13.3. The summed E-state index contributed by atoms with van der Waals surface area (Å²) in [6.07, 6.45) is 1.24. The van der Waals surface area contributed by atoms with E-state index in [1.54, 1.807) is 24.3 Å². The van der Waals surface area contributed by atoms with E-state index in [0.29, 0.717) is 10.7 Å². The summed E-state index contributed by atoms with van der Waals surface area (Å²) in [5.41, 5.74) is 0.250. The third kappa shape index (κ3) is 2.36. The van der Waals surface area contributed by atoms with Gasteiger partial charge in [0.1, 0.15) is 6.33 Å². The number of hydrogen-bond acceptors (Lipinski definition) is 5. The number of benzene rings is 1. The quantitative estimate of drug-likeness (QED) is 0.753. The molecule has 0 bridgehead atoms. The number of rotatable bonds is 2. The van der Waals surface area contributed by atoms with E-state index in [1.165, 1.54) is 13.4 Å². The fourth-order valence-electron chi connectivity index (χ4n) is 1.76. The Bertz CT molecular complexity index is 883. The number of imidazole rings is 1. The van der Waals surface area contributed by atoms with Gasteiger partial charge in [-0.2, -0.15) is 4.68 Å². The third-order valence-corrected chi connectivity index (χ3v) is 3.07. The van der Waals surface area contributed by atoms with Crippen molar-refractivity contribution in [2.75, 3.05) is 5.32 Å². The van der Waals surface area contributed by atoms with Gasteiger partial charge in [0.05, 0.1) is 0 Å². The van der Waals surface area contributed by atoms with Gasteiger partial charge in [0, 0.05) is 17.8 Å². The highest BCUT2D eigenvalue weighted by molar-refractivity contribution is 6.30. The van der Waals surface area contributed by atoms with Gasteiger partial charge in [0.25, 0.3) is 5.91 Å². The molecule has 3 rings (SSSR count). The van der Waals surface area contributed by atoms with Crippen LogP contribution in [-0.4, -0.2) is 30.3 Å². The molecule has 0 aliphatic carbocycles. The van der Waals surface area contributed by atoms with Crippen molar-refractivity contribution in [3.8, 4) is 0 Å². The molecule has 1 amide bonds. The normalized spacial score (nSPS) is 10.8. The molecule has 0 aliphatic heterocycles. The first-order valence-electron chi connectivity index (χ1n) is 5.90. The predicted molar refractivity (Wildman–Crippen MR) is 75.4 cm³/mol. The summed E-state index contributed by atoms with van der Waals surface area (Å²) in [7, 11) is 1.46. The fourth-order valence-corrected chi connectivity index (χ4v) is 1.89. The molecule has 1 aromatic carbocycles. The Kier molecular flexibility index (Phi) is 3.15. The monoisotopic (exact) mass is 304 g/mol. The summed E-state index contributed by atoms with van der Waals surface area (Å²) < 4.78 is 2.21. The first-order valence-corrected chi connectivity index (χ1v) is 6.28. The van der Waals surface area contributed by atoms with Crippen molar-refractivity contribution in [1.29, 1.82) is 0 Å². The average molecular weight is 305 g/mol. The average Bonchev–Trinajstić information content (AvgIpc) is 2.90. The summed E-state index contributed by atoms with van der Waals surface area (Å²) >= 11 is 5.77. The molecule has 3 aromatic rings. The zero-order valence-corrected chi connectivity index (χ0v) is 11.6. The SMILES string of the molecule is Cn1nnc2c(C(=O)Nc3ccc(Cl)cc3)ncn2c1=O. The van der Waals surface area contributed by atoms with Gasteiger partial charge < -0.3 is 5.32 Å².